The Labute approximate surface area is 161 Å². The van der Waals surface area contributed by atoms with Crippen molar-refractivity contribution < 1.29 is 17.8 Å². The highest BCUT2D eigenvalue weighted by Gasteiger charge is 2.36. The zero-order valence-corrected chi connectivity index (χ0v) is 16.2. The van der Waals surface area contributed by atoms with E-state index in [1.807, 2.05) is 0 Å². The molecule has 140 valence electrons. The first-order valence-electron chi connectivity index (χ1n) is 7.98. The van der Waals surface area contributed by atoms with Crippen molar-refractivity contribution in [3.63, 3.8) is 0 Å². The molecule has 0 aliphatic heterocycles. The van der Waals surface area contributed by atoms with Gasteiger partial charge in [-0.25, -0.2) is 13.8 Å². The predicted octanol–water partition coefficient (Wildman–Crippen LogP) is 4.61. The van der Waals surface area contributed by atoms with Crippen molar-refractivity contribution in [2.45, 2.75) is 23.5 Å². The molecular weight excluding hydrogens is 390 g/mol. The highest BCUT2D eigenvalue weighted by Crippen LogP contribution is 2.30. The van der Waals surface area contributed by atoms with Gasteiger partial charge in [-0.15, -0.1) is 0 Å². The first kappa shape index (κ1) is 19.3. The molecule has 0 radical (unpaired) electrons. The summed E-state index contributed by atoms with van der Waals surface area (Å²) in [5.74, 6) is -1.24. The summed E-state index contributed by atoms with van der Waals surface area (Å²) in [5.41, 5.74) is 0.781. The Balaban J connectivity index is 1.75. The van der Waals surface area contributed by atoms with Crippen LogP contribution in [0.3, 0.4) is 0 Å². The zero-order valence-electron chi connectivity index (χ0n) is 14.5. The highest BCUT2D eigenvalue weighted by atomic mass is 32.2. The van der Waals surface area contributed by atoms with E-state index < -0.39 is 27.3 Å². The minimum atomic E-state index is -1.68. The number of halogens is 2. The van der Waals surface area contributed by atoms with Gasteiger partial charge in [0.1, 0.15) is 16.4 Å². The lowest BCUT2D eigenvalue weighted by atomic mass is 10.2. The van der Waals surface area contributed by atoms with Crippen LogP contribution in [-0.2, 0) is 15.6 Å². The normalized spacial score (nSPS) is 12.6. The number of benzene rings is 2. The van der Waals surface area contributed by atoms with Crippen molar-refractivity contribution in [2.24, 2.45) is 0 Å². The predicted molar refractivity (Wildman–Crippen MR) is 103 cm³/mol. The molecule has 4 nitrogen and oxygen atoms in total. The molecule has 0 aliphatic carbocycles. The van der Waals surface area contributed by atoms with Crippen LogP contribution in [0, 0.1) is 11.6 Å². The molecule has 0 bridgehead atoms. The van der Waals surface area contributed by atoms with Gasteiger partial charge in [0, 0.05) is 11.1 Å². The summed E-state index contributed by atoms with van der Waals surface area (Å²) in [6.45, 7) is 3.10. The Bertz CT molecular complexity index is 984. The number of hydrogen-bond donors (Lipinski definition) is 1. The van der Waals surface area contributed by atoms with E-state index in [0.717, 1.165) is 10.4 Å². The maximum absolute atomic E-state index is 13.1. The second-order valence-corrected chi connectivity index (χ2v) is 9.28. The van der Waals surface area contributed by atoms with Gasteiger partial charge >= 0.3 is 0 Å². The lowest BCUT2D eigenvalue weighted by Gasteiger charge is -2.22. The smallest absolute Gasteiger partial charge is 0.244 e. The number of hydrogen-bond acceptors (Lipinski definition) is 4. The SMILES string of the molecule is CC(C)(C(=O)Nc1ncc(-c2ccc(F)cc2)s1)S(=O)c1ccc(F)cc1. The number of amides is 1. The average molecular weight is 406 g/mol. The second kappa shape index (κ2) is 7.66. The van der Waals surface area contributed by atoms with Gasteiger partial charge in [-0.3, -0.25) is 9.00 Å². The molecule has 0 spiro atoms. The molecule has 1 heterocycles. The van der Waals surface area contributed by atoms with Crippen molar-refractivity contribution in [1.82, 2.24) is 4.98 Å². The van der Waals surface area contributed by atoms with E-state index in [2.05, 4.69) is 10.3 Å². The Hall–Kier alpha value is -2.45. The summed E-state index contributed by atoms with van der Waals surface area (Å²) in [6.07, 6.45) is 1.58. The number of thiazole rings is 1. The fraction of sp³-hybridized carbons (Fsp3) is 0.158. The van der Waals surface area contributed by atoms with Crippen molar-refractivity contribution >= 4 is 33.2 Å². The van der Waals surface area contributed by atoms with E-state index in [-0.39, 0.29) is 5.82 Å². The van der Waals surface area contributed by atoms with Gasteiger partial charge in [0.05, 0.1) is 15.7 Å². The molecule has 0 fully saturated rings. The molecule has 1 amide bonds. The molecule has 3 aromatic rings. The summed E-state index contributed by atoms with van der Waals surface area (Å²) in [7, 11) is -1.68. The van der Waals surface area contributed by atoms with Crippen LogP contribution >= 0.6 is 11.3 Å². The third-order valence-electron chi connectivity index (χ3n) is 3.89. The summed E-state index contributed by atoms with van der Waals surface area (Å²) in [4.78, 5) is 17.9. The maximum atomic E-state index is 13.1. The number of carbonyl (C=O) groups excluding carboxylic acids is 1. The van der Waals surface area contributed by atoms with Crippen LogP contribution in [0.1, 0.15) is 13.8 Å². The number of nitrogens with zero attached hydrogens (tertiary/aromatic N) is 1. The van der Waals surface area contributed by atoms with Crippen molar-refractivity contribution in [1.29, 1.82) is 0 Å². The van der Waals surface area contributed by atoms with Crippen molar-refractivity contribution in [2.75, 3.05) is 5.32 Å². The Morgan fingerprint density at radius 2 is 1.59 bits per heavy atom. The average Bonchev–Trinajstić information content (AvgIpc) is 3.10. The number of carbonyl (C=O) groups is 1. The summed E-state index contributed by atoms with van der Waals surface area (Å²) in [6, 6.07) is 11.2. The third kappa shape index (κ3) is 4.28. The van der Waals surface area contributed by atoms with E-state index in [0.29, 0.717) is 10.0 Å². The molecule has 0 saturated heterocycles. The molecule has 8 heteroatoms. The first-order valence-corrected chi connectivity index (χ1v) is 9.94. The van der Waals surface area contributed by atoms with Gasteiger partial charge in [-0.1, -0.05) is 23.5 Å². The fourth-order valence-electron chi connectivity index (χ4n) is 2.26. The monoisotopic (exact) mass is 406 g/mol. The van der Waals surface area contributed by atoms with Crippen LogP contribution < -0.4 is 5.32 Å². The van der Waals surface area contributed by atoms with Crippen LogP contribution in [0.25, 0.3) is 10.4 Å². The standard InChI is InChI=1S/C19H16F2N2O2S2/c1-19(2,27(25)15-9-7-14(21)8-10-15)17(24)23-18-22-11-16(26-18)12-3-5-13(20)6-4-12/h3-11H,1-2H3,(H,22,23,24). The Kier molecular flexibility index (Phi) is 5.48. The second-order valence-electron chi connectivity index (χ2n) is 6.22. The van der Waals surface area contributed by atoms with Crippen LogP contribution in [0.15, 0.2) is 59.6 Å². The molecule has 0 saturated carbocycles. The van der Waals surface area contributed by atoms with Crippen molar-refractivity contribution in [3.05, 3.63) is 66.4 Å². The molecular formula is C19H16F2N2O2S2. The van der Waals surface area contributed by atoms with Gasteiger partial charge in [-0.05, 0) is 55.8 Å². The van der Waals surface area contributed by atoms with E-state index in [1.165, 1.54) is 47.7 Å². The fourth-order valence-corrected chi connectivity index (χ4v) is 4.27. The van der Waals surface area contributed by atoms with E-state index >= 15 is 0 Å². The van der Waals surface area contributed by atoms with Crippen LogP contribution in [0.5, 0.6) is 0 Å². The number of nitrogens with one attached hydrogen (secondary N) is 1. The molecule has 1 aromatic heterocycles. The Morgan fingerprint density at radius 3 is 2.19 bits per heavy atom. The minimum absolute atomic E-state index is 0.332. The third-order valence-corrected chi connectivity index (χ3v) is 6.67. The molecule has 3 rings (SSSR count). The number of aromatic nitrogens is 1. The number of anilines is 1. The van der Waals surface area contributed by atoms with Crippen LogP contribution in [0.2, 0.25) is 0 Å². The lowest BCUT2D eigenvalue weighted by molar-refractivity contribution is -0.117. The molecule has 1 N–H and O–H groups in total. The number of rotatable bonds is 5. The molecule has 1 atom stereocenters. The van der Waals surface area contributed by atoms with Gasteiger partial charge < -0.3 is 5.32 Å². The van der Waals surface area contributed by atoms with Crippen LogP contribution in [0.4, 0.5) is 13.9 Å². The van der Waals surface area contributed by atoms with Gasteiger partial charge in [0.2, 0.25) is 5.91 Å². The van der Waals surface area contributed by atoms with E-state index in [1.54, 1.807) is 32.2 Å². The molecule has 1 unspecified atom stereocenters. The zero-order chi connectivity index (χ0) is 19.6. The first-order chi connectivity index (χ1) is 12.8. The molecule has 2 aromatic carbocycles. The molecule has 0 aliphatic rings. The van der Waals surface area contributed by atoms with Gasteiger partial charge in [-0.2, -0.15) is 0 Å². The minimum Gasteiger partial charge on any atom is -0.301 e. The Morgan fingerprint density at radius 1 is 1.04 bits per heavy atom. The van der Waals surface area contributed by atoms with E-state index in [4.69, 9.17) is 0 Å². The van der Waals surface area contributed by atoms with E-state index in [9.17, 15) is 17.8 Å². The summed E-state index contributed by atoms with van der Waals surface area (Å²) < 4.78 is 37.6. The van der Waals surface area contributed by atoms with Crippen molar-refractivity contribution in [3.8, 4) is 10.4 Å². The molecule has 27 heavy (non-hydrogen) atoms. The largest absolute Gasteiger partial charge is 0.301 e. The summed E-state index contributed by atoms with van der Waals surface area (Å²) in [5, 5.41) is 3.02. The highest BCUT2D eigenvalue weighted by molar-refractivity contribution is 7.87. The maximum Gasteiger partial charge on any atom is 0.244 e. The van der Waals surface area contributed by atoms with Gasteiger partial charge in [0.15, 0.2) is 5.13 Å². The lowest BCUT2D eigenvalue weighted by Crippen LogP contribution is -2.41. The summed E-state index contributed by atoms with van der Waals surface area (Å²) >= 11 is 1.23. The van der Waals surface area contributed by atoms with Gasteiger partial charge in [0.25, 0.3) is 0 Å². The van der Waals surface area contributed by atoms with Crippen LogP contribution in [-0.4, -0.2) is 19.8 Å². The topological polar surface area (TPSA) is 59.1 Å². The quantitative estimate of drug-likeness (QED) is 0.673.